The lowest BCUT2D eigenvalue weighted by Gasteiger charge is -2.10. The number of benzene rings is 1. The first-order valence-electron chi connectivity index (χ1n) is 6.47. The second-order valence-corrected chi connectivity index (χ2v) is 6.38. The zero-order valence-corrected chi connectivity index (χ0v) is 12.9. The third-order valence-corrected chi connectivity index (χ3v) is 4.81. The molecule has 2 amide bonds. The lowest BCUT2D eigenvalue weighted by Crippen LogP contribution is -2.28. The SMILES string of the molecule is Cc1cc(C(=O)N2CNC(=O)C2)sc1-c1cccc(Cl)c1. The molecule has 1 aliphatic heterocycles. The van der Waals surface area contributed by atoms with Crippen LogP contribution >= 0.6 is 22.9 Å². The van der Waals surface area contributed by atoms with Gasteiger partial charge in [0.1, 0.15) is 6.54 Å². The average Bonchev–Trinajstić information content (AvgIpc) is 3.04. The molecular formula is C15H13ClN2O2S. The van der Waals surface area contributed by atoms with E-state index in [0.29, 0.717) is 9.90 Å². The predicted molar refractivity (Wildman–Crippen MR) is 83.5 cm³/mol. The quantitative estimate of drug-likeness (QED) is 0.925. The normalized spacial score (nSPS) is 14.4. The molecule has 3 rings (SSSR count). The Morgan fingerprint density at radius 3 is 2.86 bits per heavy atom. The molecule has 6 heteroatoms. The van der Waals surface area contributed by atoms with E-state index in [2.05, 4.69) is 5.32 Å². The van der Waals surface area contributed by atoms with Gasteiger partial charge in [-0.15, -0.1) is 11.3 Å². The molecule has 0 unspecified atom stereocenters. The Hall–Kier alpha value is -1.85. The van der Waals surface area contributed by atoms with Crippen molar-refractivity contribution < 1.29 is 9.59 Å². The molecule has 0 saturated carbocycles. The summed E-state index contributed by atoms with van der Waals surface area (Å²) in [4.78, 5) is 26.8. The molecule has 0 radical (unpaired) electrons. The number of rotatable bonds is 2. The van der Waals surface area contributed by atoms with Crippen molar-refractivity contribution in [3.63, 3.8) is 0 Å². The van der Waals surface area contributed by atoms with Crippen LogP contribution in [0.4, 0.5) is 0 Å². The van der Waals surface area contributed by atoms with Crippen LogP contribution in [0.15, 0.2) is 30.3 Å². The first-order chi connectivity index (χ1) is 10.0. The standard InChI is InChI=1S/C15H13ClN2O2S/c1-9-5-12(15(20)18-7-13(19)17-8-18)21-14(9)10-3-2-4-11(16)6-10/h2-6H,7-8H2,1H3,(H,17,19). The van der Waals surface area contributed by atoms with Crippen molar-refractivity contribution in [1.82, 2.24) is 10.2 Å². The Kier molecular flexibility index (Phi) is 3.69. The minimum Gasteiger partial charge on any atom is -0.337 e. The van der Waals surface area contributed by atoms with Gasteiger partial charge in [-0.3, -0.25) is 9.59 Å². The van der Waals surface area contributed by atoms with E-state index in [9.17, 15) is 9.59 Å². The molecule has 0 atom stereocenters. The van der Waals surface area contributed by atoms with E-state index in [1.165, 1.54) is 16.2 Å². The molecule has 4 nitrogen and oxygen atoms in total. The number of nitrogens with zero attached hydrogens (tertiary/aromatic N) is 1. The molecule has 0 aliphatic carbocycles. The first-order valence-corrected chi connectivity index (χ1v) is 7.66. The maximum absolute atomic E-state index is 12.4. The Bertz CT molecular complexity index is 726. The van der Waals surface area contributed by atoms with Crippen LogP contribution in [0.1, 0.15) is 15.2 Å². The fourth-order valence-corrected chi connectivity index (χ4v) is 3.60. The van der Waals surface area contributed by atoms with Crippen LogP contribution in [0.25, 0.3) is 10.4 Å². The molecule has 0 bridgehead atoms. The van der Waals surface area contributed by atoms with Crippen molar-refractivity contribution in [3.8, 4) is 10.4 Å². The van der Waals surface area contributed by atoms with Crippen molar-refractivity contribution in [3.05, 3.63) is 45.8 Å². The van der Waals surface area contributed by atoms with Crippen LogP contribution in [0.5, 0.6) is 0 Å². The predicted octanol–water partition coefficient (Wildman–Crippen LogP) is 2.91. The van der Waals surface area contributed by atoms with Crippen LogP contribution in [-0.4, -0.2) is 29.9 Å². The Balaban J connectivity index is 1.91. The molecule has 1 fully saturated rings. The monoisotopic (exact) mass is 320 g/mol. The Morgan fingerprint density at radius 2 is 2.19 bits per heavy atom. The average molecular weight is 321 g/mol. The van der Waals surface area contributed by atoms with Gasteiger partial charge in [-0.2, -0.15) is 0 Å². The van der Waals surface area contributed by atoms with E-state index < -0.39 is 0 Å². The number of carbonyl (C=O) groups excluding carboxylic acids is 2. The zero-order chi connectivity index (χ0) is 15.0. The molecular weight excluding hydrogens is 308 g/mol. The number of aryl methyl sites for hydroxylation is 1. The van der Waals surface area contributed by atoms with Gasteiger partial charge in [0, 0.05) is 9.90 Å². The van der Waals surface area contributed by atoms with Crippen molar-refractivity contribution in [1.29, 1.82) is 0 Å². The highest BCUT2D eigenvalue weighted by atomic mass is 35.5. The van der Waals surface area contributed by atoms with E-state index in [0.717, 1.165) is 16.0 Å². The summed E-state index contributed by atoms with van der Waals surface area (Å²) in [7, 11) is 0. The van der Waals surface area contributed by atoms with Crippen LogP contribution in [-0.2, 0) is 4.79 Å². The van der Waals surface area contributed by atoms with Crippen LogP contribution in [0, 0.1) is 6.92 Å². The number of halogens is 1. The maximum atomic E-state index is 12.4. The molecule has 1 aromatic carbocycles. The fraction of sp³-hybridized carbons (Fsp3) is 0.200. The van der Waals surface area contributed by atoms with Gasteiger partial charge in [-0.25, -0.2) is 0 Å². The van der Waals surface area contributed by atoms with Gasteiger partial charge in [-0.1, -0.05) is 23.7 Å². The number of hydrogen-bond donors (Lipinski definition) is 1. The van der Waals surface area contributed by atoms with Gasteiger partial charge in [0.15, 0.2) is 0 Å². The Morgan fingerprint density at radius 1 is 1.38 bits per heavy atom. The molecule has 0 spiro atoms. The van der Waals surface area contributed by atoms with E-state index in [4.69, 9.17) is 11.6 Å². The van der Waals surface area contributed by atoms with Crippen LogP contribution in [0.3, 0.4) is 0 Å². The van der Waals surface area contributed by atoms with Crippen LogP contribution < -0.4 is 5.32 Å². The summed E-state index contributed by atoms with van der Waals surface area (Å²) in [5, 5.41) is 3.30. The number of carbonyl (C=O) groups is 2. The molecule has 1 saturated heterocycles. The summed E-state index contributed by atoms with van der Waals surface area (Å²) < 4.78 is 0. The van der Waals surface area contributed by atoms with Crippen LogP contribution in [0.2, 0.25) is 5.02 Å². The topological polar surface area (TPSA) is 49.4 Å². The number of thiophene rings is 1. The molecule has 1 aromatic heterocycles. The second-order valence-electron chi connectivity index (χ2n) is 4.89. The largest absolute Gasteiger partial charge is 0.337 e. The van der Waals surface area contributed by atoms with E-state index in [-0.39, 0.29) is 25.0 Å². The third kappa shape index (κ3) is 2.80. The molecule has 1 N–H and O–H groups in total. The molecule has 1 aliphatic rings. The minimum atomic E-state index is -0.119. The summed E-state index contributed by atoms with van der Waals surface area (Å²) >= 11 is 7.45. The van der Waals surface area contributed by atoms with Gasteiger partial charge in [-0.05, 0) is 36.2 Å². The van der Waals surface area contributed by atoms with Gasteiger partial charge in [0.25, 0.3) is 5.91 Å². The summed E-state index contributed by atoms with van der Waals surface area (Å²) in [6.45, 7) is 2.38. The maximum Gasteiger partial charge on any atom is 0.265 e. The molecule has 2 aromatic rings. The molecule has 21 heavy (non-hydrogen) atoms. The number of amides is 2. The summed E-state index contributed by atoms with van der Waals surface area (Å²) in [6.07, 6.45) is 0. The summed E-state index contributed by atoms with van der Waals surface area (Å²) in [5.41, 5.74) is 2.03. The first kappa shape index (κ1) is 14.1. The van der Waals surface area contributed by atoms with E-state index in [1.54, 1.807) is 0 Å². The number of hydrogen-bond acceptors (Lipinski definition) is 3. The highest BCUT2D eigenvalue weighted by molar-refractivity contribution is 7.17. The van der Waals surface area contributed by atoms with Crippen molar-refractivity contribution in [2.45, 2.75) is 6.92 Å². The fourth-order valence-electron chi connectivity index (χ4n) is 2.27. The molecule has 2 heterocycles. The zero-order valence-electron chi connectivity index (χ0n) is 11.4. The molecule has 108 valence electrons. The van der Waals surface area contributed by atoms with Crippen molar-refractivity contribution in [2.24, 2.45) is 0 Å². The number of nitrogens with one attached hydrogen (secondary N) is 1. The van der Waals surface area contributed by atoms with E-state index >= 15 is 0 Å². The summed E-state index contributed by atoms with van der Waals surface area (Å²) in [6, 6.07) is 9.43. The van der Waals surface area contributed by atoms with E-state index in [1.807, 2.05) is 37.3 Å². The lowest BCUT2D eigenvalue weighted by atomic mass is 10.1. The third-order valence-electron chi connectivity index (χ3n) is 3.30. The van der Waals surface area contributed by atoms with Gasteiger partial charge in [0.05, 0.1) is 11.5 Å². The van der Waals surface area contributed by atoms with Gasteiger partial charge >= 0.3 is 0 Å². The smallest absolute Gasteiger partial charge is 0.265 e. The van der Waals surface area contributed by atoms with Gasteiger partial charge < -0.3 is 10.2 Å². The highest BCUT2D eigenvalue weighted by Crippen LogP contribution is 2.34. The van der Waals surface area contributed by atoms with Gasteiger partial charge in [0.2, 0.25) is 5.91 Å². The summed E-state index contributed by atoms with van der Waals surface area (Å²) in [5.74, 6) is -0.235. The van der Waals surface area contributed by atoms with Crippen molar-refractivity contribution in [2.75, 3.05) is 13.2 Å². The highest BCUT2D eigenvalue weighted by Gasteiger charge is 2.26. The lowest BCUT2D eigenvalue weighted by molar-refractivity contribution is -0.118. The van der Waals surface area contributed by atoms with Crippen molar-refractivity contribution >= 4 is 34.8 Å². The minimum absolute atomic E-state index is 0.116. The second kappa shape index (κ2) is 5.50. The Labute approximate surface area is 131 Å².